The largest absolute Gasteiger partial charge is 0.427 e. The standard InChI is InChI=1S/C20H28NO8/c1-13(22)9-17(5)26-21(27-18(6)10-14(2)23,28-19(7)11-15(3)24)29-20(8)12-16(4)25/h9-12H,1-8H3/q+1/b17-9+,18-10+,19-11+,20-12+. The number of carbonyl (C=O) groups excluding carboxylic acids is 4. The van der Waals surface area contributed by atoms with Crippen LogP contribution < -0.4 is 0 Å². The summed E-state index contributed by atoms with van der Waals surface area (Å²) in [5.41, 5.74) is 0. The molecule has 0 saturated heterocycles. The summed E-state index contributed by atoms with van der Waals surface area (Å²) in [6.07, 6.45) is 4.62. The molecule has 0 aliphatic heterocycles. The summed E-state index contributed by atoms with van der Waals surface area (Å²) in [5, 5.41) is -1.52. The van der Waals surface area contributed by atoms with Crippen LogP contribution in [0.25, 0.3) is 0 Å². The van der Waals surface area contributed by atoms with E-state index in [9.17, 15) is 19.2 Å². The number of hydrogen-bond acceptors (Lipinski definition) is 8. The topological polar surface area (TPSA) is 105 Å². The Kier molecular flexibility index (Phi) is 10.3. The van der Waals surface area contributed by atoms with Crippen molar-refractivity contribution < 1.29 is 43.7 Å². The van der Waals surface area contributed by atoms with Crippen LogP contribution in [0, 0.1) is 0 Å². The molecule has 9 heteroatoms. The molecule has 0 N–H and O–H groups in total. The minimum atomic E-state index is -1.52. The van der Waals surface area contributed by atoms with E-state index in [1.165, 1.54) is 55.4 Å². The zero-order valence-electron chi connectivity index (χ0n) is 18.0. The molecule has 0 amide bonds. The van der Waals surface area contributed by atoms with Gasteiger partial charge in [0.05, 0.1) is 0 Å². The summed E-state index contributed by atoms with van der Waals surface area (Å²) >= 11 is 0. The normalized spacial score (nSPS) is 13.5. The van der Waals surface area contributed by atoms with E-state index < -0.39 is 5.14 Å². The predicted molar refractivity (Wildman–Crippen MR) is 102 cm³/mol. The van der Waals surface area contributed by atoms with Gasteiger partial charge < -0.3 is 0 Å². The Bertz CT molecular complexity index is 653. The second-order valence-electron chi connectivity index (χ2n) is 6.27. The molecule has 9 nitrogen and oxygen atoms in total. The first kappa shape index (κ1) is 25.8. The van der Waals surface area contributed by atoms with Gasteiger partial charge in [-0.1, -0.05) is 0 Å². The fourth-order valence-electron chi connectivity index (χ4n) is 2.07. The molecule has 0 radical (unpaired) electrons. The fraction of sp³-hybridized carbons (Fsp3) is 0.400. The van der Waals surface area contributed by atoms with Crippen molar-refractivity contribution in [3.63, 3.8) is 0 Å². The molecule has 0 fully saturated rings. The quantitative estimate of drug-likeness (QED) is 0.208. The van der Waals surface area contributed by atoms with Crippen LogP contribution in [0.1, 0.15) is 55.4 Å². The molecule has 0 aromatic rings. The molecule has 0 unspecified atom stereocenters. The summed E-state index contributed by atoms with van der Waals surface area (Å²) in [4.78, 5) is 67.8. The van der Waals surface area contributed by atoms with E-state index in [-0.39, 0.29) is 46.2 Å². The predicted octanol–water partition coefficient (Wildman–Crippen LogP) is 3.50. The summed E-state index contributed by atoms with van der Waals surface area (Å²) in [7, 11) is 0. The van der Waals surface area contributed by atoms with Crippen molar-refractivity contribution >= 4 is 23.1 Å². The van der Waals surface area contributed by atoms with Gasteiger partial charge in [-0.25, -0.2) is 0 Å². The highest BCUT2D eigenvalue weighted by atomic mass is 17.4. The van der Waals surface area contributed by atoms with E-state index >= 15 is 0 Å². The lowest BCUT2D eigenvalue weighted by molar-refractivity contribution is -1.46. The van der Waals surface area contributed by atoms with E-state index in [0.717, 1.165) is 24.3 Å². The first-order valence-corrected chi connectivity index (χ1v) is 8.67. The zero-order chi connectivity index (χ0) is 22.8. The Balaban J connectivity index is 6.40. The molecule has 0 aromatic heterocycles. The maximum Gasteiger partial charge on any atom is 0.427 e. The van der Waals surface area contributed by atoms with Crippen LogP contribution in [0.3, 0.4) is 0 Å². The number of allylic oxidation sites excluding steroid dienone is 8. The lowest BCUT2D eigenvalue weighted by Crippen LogP contribution is -2.46. The second kappa shape index (κ2) is 11.6. The van der Waals surface area contributed by atoms with Gasteiger partial charge in [0.25, 0.3) is 0 Å². The fourth-order valence-corrected chi connectivity index (χ4v) is 2.07. The molecule has 0 bridgehead atoms. The summed E-state index contributed by atoms with van der Waals surface area (Å²) in [6.45, 7) is 11.0. The number of ketones is 4. The molecule has 0 saturated carbocycles. The van der Waals surface area contributed by atoms with Gasteiger partial charge in [0.2, 0.25) is 0 Å². The summed E-state index contributed by atoms with van der Waals surface area (Å²) in [6, 6.07) is 0. The van der Waals surface area contributed by atoms with Crippen LogP contribution in [0.4, 0.5) is 0 Å². The van der Waals surface area contributed by atoms with Gasteiger partial charge in [-0.15, -0.1) is 0 Å². The van der Waals surface area contributed by atoms with Gasteiger partial charge in [-0.2, -0.15) is 19.4 Å². The summed E-state index contributed by atoms with van der Waals surface area (Å²) in [5.74, 6) is -1.10. The minimum absolute atomic E-state index is 0.0411. The third-order valence-corrected chi connectivity index (χ3v) is 2.65. The van der Waals surface area contributed by atoms with E-state index in [0.29, 0.717) is 0 Å². The molecular weight excluding hydrogens is 382 g/mol. The molecular formula is C20H28NO8+. The van der Waals surface area contributed by atoms with Gasteiger partial charge in [0, 0.05) is 52.0 Å². The lowest BCUT2D eigenvalue weighted by Gasteiger charge is -2.26. The Morgan fingerprint density at radius 2 is 0.621 bits per heavy atom. The number of carbonyl (C=O) groups is 4. The highest BCUT2D eigenvalue weighted by Gasteiger charge is 2.45. The average molecular weight is 410 g/mol. The molecule has 160 valence electrons. The van der Waals surface area contributed by atoms with Crippen molar-refractivity contribution in [3.8, 4) is 0 Å². The third-order valence-electron chi connectivity index (χ3n) is 2.65. The Morgan fingerprint density at radius 1 is 0.448 bits per heavy atom. The van der Waals surface area contributed by atoms with Gasteiger partial charge in [-0.05, 0) is 27.7 Å². The Hall–Kier alpha value is -3.20. The SMILES string of the molecule is CC(=O)/C=C(\C)O[N+](O/C(C)=C/C(C)=O)(O/C(C)=C/C(C)=O)O/C(C)=C/C(C)=O. The van der Waals surface area contributed by atoms with Crippen LogP contribution in [0.2, 0.25) is 0 Å². The Labute approximate surface area is 170 Å². The molecule has 0 spiro atoms. The monoisotopic (exact) mass is 410 g/mol. The Morgan fingerprint density at radius 3 is 0.759 bits per heavy atom. The van der Waals surface area contributed by atoms with Crippen molar-refractivity contribution in [1.29, 1.82) is 0 Å². The zero-order valence-corrected chi connectivity index (χ0v) is 18.0. The van der Waals surface area contributed by atoms with E-state index in [1.54, 1.807) is 0 Å². The number of nitrogens with zero attached hydrogens (tertiary/aromatic N) is 1. The van der Waals surface area contributed by atoms with E-state index in [4.69, 9.17) is 19.4 Å². The van der Waals surface area contributed by atoms with Crippen LogP contribution in [-0.4, -0.2) is 28.3 Å². The third kappa shape index (κ3) is 12.0. The number of quaternary nitrogens is 1. The van der Waals surface area contributed by atoms with Crippen LogP contribution in [-0.2, 0) is 38.5 Å². The van der Waals surface area contributed by atoms with E-state index in [2.05, 4.69) is 0 Å². The van der Waals surface area contributed by atoms with E-state index in [1.807, 2.05) is 0 Å². The van der Waals surface area contributed by atoms with Crippen molar-refractivity contribution in [3.05, 3.63) is 47.3 Å². The number of rotatable bonds is 12. The molecule has 0 rings (SSSR count). The second-order valence-corrected chi connectivity index (χ2v) is 6.27. The number of hydrogen-bond donors (Lipinski definition) is 0. The van der Waals surface area contributed by atoms with Gasteiger partial charge in [0.15, 0.2) is 46.2 Å². The molecule has 0 aliphatic carbocycles. The molecule has 0 aliphatic rings. The minimum Gasteiger partial charge on any atom is -0.295 e. The lowest BCUT2D eigenvalue weighted by atomic mass is 10.4. The van der Waals surface area contributed by atoms with Crippen LogP contribution >= 0.6 is 0 Å². The van der Waals surface area contributed by atoms with Crippen molar-refractivity contribution in [2.24, 2.45) is 0 Å². The summed E-state index contributed by atoms with van der Waals surface area (Å²) < 4.78 is 0. The highest BCUT2D eigenvalue weighted by molar-refractivity contribution is 5.88. The maximum absolute atomic E-state index is 11.4. The highest BCUT2D eigenvalue weighted by Crippen LogP contribution is 2.26. The molecule has 29 heavy (non-hydrogen) atoms. The van der Waals surface area contributed by atoms with Crippen LogP contribution in [0.15, 0.2) is 47.3 Å². The first-order chi connectivity index (χ1) is 13.2. The smallest absolute Gasteiger partial charge is 0.295 e. The van der Waals surface area contributed by atoms with Gasteiger partial charge in [-0.3, -0.25) is 19.2 Å². The molecule has 0 heterocycles. The maximum atomic E-state index is 11.4. The van der Waals surface area contributed by atoms with Gasteiger partial charge >= 0.3 is 5.14 Å². The van der Waals surface area contributed by atoms with Crippen LogP contribution in [0.5, 0.6) is 0 Å². The molecule has 0 aromatic carbocycles. The first-order valence-electron chi connectivity index (χ1n) is 8.67. The van der Waals surface area contributed by atoms with Gasteiger partial charge in [0.1, 0.15) is 0 Å². The van der Waals surface area contributed by atoms with Crippen molar-refractivity contribution in [2.45, 2.75) is 55.4 Å². The van der Waals surface area contributed by atoms with Crippen molar-refractivity contribution in [1.82, 2.24) is 0 Å². The molecule has 0 atom stereocenters. The average Bonchev–Trinajstić information content (AvgIpc) is 2.41. The van der Waals surface area contributed by atoms with Crippen molar-refractivity contribution in [2.75, 3.05) is 0 Å².